The zero-order chi connectivity index (χ0) is 22.9. The van der Waals surface area contributed by atoms with Gasteiger partial charge in [-0.3, -0.25) is 4.79 Å². The minimum atomic E-state index is -0.569. The molecule has 0 saturated heterocycles. The summed E-state index contributed by atoms with van der Waals surface area (Å²) in [5, 5.41) is 8.93. The number of carbonyl (C=O) groups is 1. The normalized spacial score (nSPS) is 45.1. The van der Waals surface area contributed by atoms with Crippen LogP contribution in [-0.4, -0.2) is 12.4 Å². The van der Waals surface area contributed by atoms with Crippen molar-refractivity contribution in [2.24, 2.45) is 58.7 Å². The molecule has 5 fully saturated rings. The van der Waals surface area contributed by atoms with Crippen LogP contribution in [0.2, 0.25) is 0 Å². The van der Waals surface area contributed by atoms with E-state index in [-0.39, 0.29) is 35.0 Å². The Morgan fingerprint density at radius 2 is 1.91 bits per heavy atom. The van der Waals surface area contributed by atoms with Crippen molar-refractivity contribution in [2.45, 2.75) is 65.2 Å². The van der Waals surface area contributed by atoms with Crippen LogP contribution in [0.25, 0.3) is 0 Å². The van der Waals surface area contributed by atoms with Crippen molar-refractivity contribution in [1.29, 1.82) is 5.26 Å². The van der Waals surface area contributed by atoms with Gasteiger partial charge in [0.2, 0.25) is 0 Å². The molecule has 0 amide bonds. The monoisotopic (exact) mass is 449 g/mol. The van der Waals surface area contributed by atoms with Crippen LogP contribution in [0.1, 0.15) is 70.8 Å². The number of ether oxygens (including phenoxy) is 1. The number of hydrogen-bond acceptors (Lipinski definition) is 3. The first kappa shape index (κ1) is 21.6. The number of halogens is 1. The Labute approximate surface area is 197 Å². The molecule has 0 N–H and O–H groups in total. The van der Waals surface area contributed by atoms with Crippen LogP contribution in [0, 0.1) is 75.8 Å². The maximum absolute atomic E-state index is 14.3. The van der Waals surface area contributed by atoms with E-state index in [9.17, 15) is 9.18 Å². The lowest BCUT2D eigenvalue weighted by Crippen LogP contribution is -2.51. The van der Waals surface area contributed by atoms with Crippen LogP contribution in [0.3, 0.4) is 0 Å². The fraction of sp³-hybridized carbons (Fsp3) is 0.724. The number of ketones is 1. The van der Waals surface area contributed by atoms with E-state index in [0.29, 0.717) is 11.8 Å². The summed E-state index contributed by atoms with van der Waals surface area (Å²) in [5.74, 6) is 6.14. The van der Waals surface area contributed by atoms with E-state index in [1.54, 1.807) is 0 Å². The Balaban J connectivity index is 1.17. The van der Waals surface area contributed by atoms with Gasteiger partial charge in [-0.15, -0.1) is 0 Å². The Kier molecular flexibility index (Phi) is 5.13. The number of carbonyl (C=O) groups excluding carboxylic acids is 1. The molecule has 0 heterocycles. The minimum Gasteiger partial charge on any atom is -0.483 e. The van der Waals surface area contributed by atoms with Crippen molar-refractivity contribution >= 4 is 5.78 Å². The van der Waals surface area contributed by atoms with Gasteiger partial charge >= 0.3 is 0 Å². The summed E-state index contributed by atoms with van der Waals surface area (Å²) in [4.78, 5) is 13.5. The first-order valence-corrected chi connectivity index (χ1v) is 13.3. The zero-order valence-electron chi connectivity index (χ0n) is 19.9. The molecule has 6 rings (SSSR count). The first-order chi connectivity index (χ1) is 15.9. The zero-order valence-corrected chi connectivity index (χ0v) is 19.9. The van der Waals surface area contributed by atoms with Gasteiger partial charge in [0.25, 0.3) is 0 Å². The second-order valence-electron chi connectivity index (χ2n) is 12.4. The molecule has 0 spiro atoms. The average Bonchev–Trinajstić information content (AvgIpc) is 3.51. The van der Waals surface area contributed by atoms with Crippen LogP contribution in [0.4, 0.5) is 4.39 Å². The molecular weight excluding hydrogens is 413 g/mol. The van der Waals surface area contributed by atoms with E-state index in [4.69, 9.17) is 10.00 Å². The molecule has 4 heteroatoms. The van der Waals surface area contributed by atoms with Gasteiger partial charge in [0.15, 0.2) is 17.3 Å². The second-order valence-corrected chi connectivity index (χ2v) is 12.4. The molecule has 2 unspecified atom stereocenters. The summed E-state index contributed by atoms with van der Waals surface area (Å²) in [5.41, 5.74) is 0.352. The third kappa shape index (κ3) is 3.36. The number of Topliss-reactive ketones (excluding diaryl/α,β-unsaturated/α-hetero) is 1. The molecule has 0 aromatic heterocycles. The van der Waals surface area contributed by atoms with Crippen molar-refractivity contribution in [3.63, 3.8) is 0 Å². The molecule has 33 heavy (non-hydrogen) atoms. The van der Waals surface area contributed by atoms with Gasteiger partial charge in [0.05, 0.1) is 11.6 Å². The number of fused-ring (bicyclic) bond motifs is 7. The largest absolute Gasteiger partial charge is 0.483 e. The minimum absolute atomic E-state index is 0.0598. The summed E-state index contributed by atoms with van der Waals surface area (Å²) in [6.07, 6.45) is 10.7. The quantitative estimate of drug-likeness (QED) is 0.534. The third-order valence-corrected chi connectivity index (χ3v) is 10.8. The van der Waals surface area contributed by atoms with E-state index in [1.165, 1.54) is 69.6 Å². The van der Waals surface area contributed by atoms with Crippen LogP contribution in [0.5, 0.6) is 5.75 Å². The van der Waals surface area contributed by atoms with E-state index >= 15 is 0 Å². The van der Waals surface area contributed by atoms with Crippen LogP contribution < -0.4 is 4.74 Å². The smallest absolute Gasteiger partial charge is 0.174 e. The van der Waals surface area contributed by atoms with E-state index in [1.807, 2.05) is 6.07 Å². The summed E-state index contributed by atoms with van der Waals surface area (Å²) >= 11 is 0. The average molecular weight is 450 g/mol. The Morgan fingerprint density at radius 3 is 2.70 bits per heavy atom. The van der Waals surface area contributed by atoms with Crippen LogP contribution in [-0.2, 0) is 4.79 Å². The third-order valence-electron chi connectivity index (χ3n) is 10.8. The fourth-order valence-electron chi connectivity index (χ4n) is 9.59. The second kappa shape index (κ2) is 7.82. The lowest BCUT2D eigenvalue weighted by Gasteiger charge is -2.57. The molecule has 5 saturated carbocycles. The van der Waals surface area contributed by atoms with Crippen molar-refractivity contribution in [1.82, 2.24) is 0 Å². The molecule has 5 aliphatic rings. The predicted octanol–water partition coefficient (Wildman–Crippen LogP) is 6.41. The van der Waals surface area contributed by atoms with Gasteiger partial charge in [0, 0.05) is 5.92 Å². The van der Waals surface area contributed by atoms with Crippen molar-refractivity contribution in [2.75, 3.05) is 6.61 Å². The highest BCUT2D eigenvalue weighted by molar-refractivity contribution is 5.84. The maximum atomic E-state index is 14.3. The Morgan fingerprint density at radius 1 is 1.09 bits per heavy atom. The molecule has 0 aliphatic heterocycles. The molecule has 10 atom stereocenters. The van der Waals surface area contributed by atoms with Crippen molar-refractivity contribution in [3.8, 4) is 11.8 Å². The molecule has 3 nitrogen and oxygen atoms in total. The van der Waals surface area contributed by atoms with E-state index < -0.39 is 5.82 Å². The summed E-state index contributed by atoms with van der Waals surface area (Å²) in [6, 6.07) is 6.11. The Bertz CT molecular complexity index is 1000. The molecule has 0 radical (unpaired) electrons. The van der Waals surface area contributed by atoms with Gasteiger partial charge in [-0.1, -0.05) is 20.3 Å². The molecule has 5 aliphatic carbocycles. The molecule has 176 valence electrons. The molecular formula is C29H36FNO2. The van der Waals surface area contributed by atoms with E-state index in [0.717, 1.165) is 35.5 Å². The highest BCUT2D eigenvalue weighted by atomic mass is 19.1. The first-order valence-electron chi connectivity index (χ1n) is 13.3. The molecule has 0 bridgehead atoms. The van der Waals surface area contributed by atoms with Gasteiger partial charge < -0.3 is 4.74 Å². The van der Waals surface area contributed by atoms with Gasteiger partial charge in [-0.25, -0.2) is 4.39 Å². The van der Waals surface area contributed by atoms with Crippen molar-refractivity contribution in [3.05, 3.63) is 29.6 Å². The van der Waals surface area contributed by atoms with Crippen molar-refractivity contribution < 1.29 is 13.9 Å². The predicted molar refractivity (Wildman–Crippen MR) is 124 cm³/mol. The van der Waals surface area contributed by atoms with Gasteiger partial charge in [-0.2, -0.15) is 5.26 Å². The summed E-state index contributed by atoms with van der Waals surface area (Å²) in [7, 11) is 0. The topological polar surface area (TPSA) is 50.1 Å². The highest BCUT2D eigenvalue weighted by Gasteiger charge is 2.70. The highest BCUT2D eigenvalue weighted by Crippen LogP contribution is 2.74. The van der Waals surface area contributed by atoms with E-state index in [2.05, 4.69) is 13.8 Å². The summed E-state index contributed by atoms with van der Waals surface area (Å²) < 4.78 is 19.9. The number of hydrogen-bond donors (Lipinski definition) is 0. The number of nitriles is 1. The van der Waals surface area contributed by atoms with Crippen LogP contribution >= 0.6 is 0 Å². The summed E-state index contributed by atoms with van der Waals surface area (Å²) in [6.45, 7) is 4.78. The standard InChI is InChI=1S/C29H36FNO2/c1-16-3-6-19-18(11-16)5-7-21-20(19)9-10-29(2)27(21)22-13-23(22)28(29)25(32)15-33-26-8-4-17(14-31)12-24(26)30/h4,8,12,16,18-23,27-28H,3,5-7,9-11,13,15H2,1-2H3/t16-,18+,19?,20+,21+,22+,23-,27?,28+,29-/m0/s1. The SMILES string of the molecule is C[C@H]1CCC2[C@H](CC[C@H]3C4[C@@H]5C[C@@H]5[C@H](C(=O)COc5ccc(C#N)cc5F)[C@@]4(C)CC[C@H]23)C1. The maximum Gasteiger partial charge on any atom is 0.174 e. The lowest BCUT2D eigenvalue weighted by molar-refractivity contribution is -0.135. The van der Waals surface area contributed by atoms with Crippen LogP contribution in [0.15, 0.2) is 18.2 Å². The van der Waals surface area contributed by atoms with Gasteiger partial charge in [0.1, 0.15) is 6.61 Å². The number of rotatable bonds is 4. The Hall–Kier alpha value is -1.89. The van der Waals surface area contributed by atoms with Gasteiger partial charge in [-0.05, 0) is 116 Å². The molecule has 1 aromatic carbocycles. The lowest BCUT2D eigenvalue weighted by atomic mass is 9.48. The number of benzene rings is 1. The molecule has 1 aromatic rings. The fourth-order valence-corrected chi connectivity index (χ4v) is 9.59. The number of nitrogens with zero attached hydrogens (tertiary/aromatic N) is 1.